The number of likely N-dealkylation sites (tertiary alicyclic amines) is 1. The van der Waals surface area contributed by atoms with Crippen molar-refractivity contribution in [2.45, 2.75) is 13.3 Å². The molecule has 1 amide bonds. The van der Waals surface area contributed by atoms with Crippen LogP contribution in [-0.4, -0.2) is 34.7 Å². The quantitative estimate of drug-likeness (QED) is 0.560. The summed E-state index contributed by atoms with van der Waals surface area (Å²) in [4.78, 5) is 30.3. The minimum absolute atomic E-state index is 0.235. The van der Waals surface area contributed by atoms with Crippen LogP contribution in [0.2, 0.25) is 0 Å². The van der Waals surface area contributed by atoms with Crippen LogP contribution < -0.4 is 0 Å². The summed E-state index contributed by atoms with van der Waals surface area (Å²) in [6, 6.07) is 17.8. The van der Waals surface area contributed by atoms with Gasteiger partial charge in [-0.2, -0.15) is 0 Å². The number of amides is 1. The number of para-hydroxylation sites is 1. The van der Waals surface area contributed by atoms with Crippen LogP contribution in [0.1, 0.15) is 29.3 Å². The van der Waals surface area contributed by atoms with Crippen molar-refractivity contribution in [3.63, 3.8) is 0 Å². The summed E-state index contributed by atoms with van der Waals surface area (Å²) >= 11 is 0. The largest absolute Gasteiger partial charge is 0.360 e. The van der Waals surface area contributed by atoms with Crippen molar-refractivity contribution in [3.8, 4) is 0 Å². The van der Waals surface area contributed by atoms with Crippen LogP contribution in [0.15, 0.2) is 66.4 Å². The van der Waals surface area contributed by atoms with Gasteiger partial charge in [-0.25, -0.2) is 0 Å². The number of H-pyrrole nitrogens is 1. The lowest BCUT2D eigenvalue weighted by Crippen LogP contribution is -2.43. The number of ketones is 1. The summed E-state index contributed by atoms with van der Waals surface area (Å²) in [5.74, 6) is -0.612. The summed E-state index contributed by atoms with van der Waals surface area (Å²) in [7, 11) is 0. The highest BCUT2D eigenvalue weighted by Crippen LogP contribution is 2.26. The first-order valence-corrected chi connectivity index (χ1v) is 9.28. The molecule has 0 aliphatic carbocycles. The van der Waals surface area contributed by atoms with Crippen molar-refractivity contribution in [2.24, 2.45) is 5.92 Å². The summed E-state index contributed by atoms with van der Waals surface area (Å²) in [6.07, 6.45) is 4.63. The number of piperidine rings is 1. The standard InChI is InChI=1S/C23H22N2O2/c1-16-15-25(12-11-18(16)13-17-7-3-2-4-8-17)23(27)22(26)20-14-24-21-10-6-5-9-19(20)21/h2-10,13-14,16,24H,11-12,15H2,1H3. The second-order valence-electron chi connectivity index (χ2n) is 7.11. The molecule has 0 bridgehead atoms. The van der Waals surface area contributed by atoms with Gasteiger partial charge >= 0.3 is 0 Å². The number of nitrogens with zero attached hydrogens (tertiary/aromatic N) is 1. The lowest BCUT2D eigenvalue weighted by Gasteiger charge is -2.32. The van der Waals surface area contributed by atoms with Gasteiger partial charge in [0.15, 0.2) is 0 Å². The molecule has 4 rings (SSSR count). The van der Waals surface area contributed by atoms with Crippen molar-refractivity contribution in [3.05, 3.63) is 77.5 Å². The summed E-state index contributed by atoms with van der Waals surface area (Å²) in [5.41, 5.74) is 3.82. The Bertz CT molecular complexity index is 1020. The SMILES string of the molecule is CC1CN(C(=O)C(=O)c2c[nH]c3ccccc23)CCC1=Cc1ccccc1. The molecule has 0 spiro atoms. The Morgan fingerprint density at radius 1 is 1.07 bits per heavy atom. The maximum atomic E-state index is 12.8. The van der Waals surface area contributed by atoms with Gasteiger partial charge in [0.2, 0.25) is 0 Å². The van der Waals surface area contributed by atoms with Crippen LogP contribution in [0.25, 0.3) is 17.0 Å². The number of aromatic amines is 1. The molecule has 1 unspecified atom stereocenters. The van der Waals surface area contributed by atoms with Crippen LogP contribution in [0.3, 0.4) is 0 Å². The molecule has 136 valence electrons. The molecule has 4 nitrogen and oxygen atoms in total. The van der Waals surface area contributed by atoms with E-state index in [0.29, 0.717) is 18.7 Å². The maximum Gasteiger partial charge on any atom is 0.295 e. The Balaban J connectivity index is 1.49. The number of carbonyl (C=O) groups excluding carboxylic acids is 2. The van der Waals surface area contributed by atoms with Gasteiger partial charge in [0.05, 0.1) is 5.56 Å². The van der Waals surface area contributed by atoms with Gasteiger partial charge < -0.3 is 9.88 Å². The first-order chi connectivity index (χ1) is 13.1. The molecule has 4 heteroatoms. The lowest BCUT2D eigenvalue weighted by molar-refractivity contribution is -0.127. The first kappa shape index (κ1) is 17.3. The number of hydrogen-bond acceptors (Lipinski definition) is 2. The zero-order valence-corrected chi connectivity index (χ0v) is 15.3. The number of aromatic nitrogens is 1. The average molecular weight is 358 g/mol. The number of hydrogen-bond donors (Lipinski definition) is 1. The fourth-order valence-electron chi connectivity index (χ4n) is 3.73. The molecular formula is C23H22N2O2. The third kappa shape index (κ3) is 3.43. The predicted molar refractivity (Wildman–Crippen MR) is 107 cm³/mol. The van der Waals surface area contributed by atoms with E-state index in [4.69, 9.17) is 0 Å². The monoisotopic (exact) mass is 358 g/mol. The Morgan fingerprint density at radius 2 is 1.81 bits per heavy atom. The molecule has 0 radical (unpaired) electrons. The number of benzene rings is 2. The Labute approximate surface area is 158 Å². The molecule has 1 aromatic heterocycles. The van der Waals surface area contributed by atoms with Crippen molar-refractivity contribution < 1.29 is 9.59 Å². The zero-order chi connectivity index (χ0) is 18.8. The number of nitrogens with one attached hydrogen (secondary N) is 1. The molecular weight excluding hydrogens is 336 g/mol. The van der Waals surface area contributed by atoms with Crippen LogP contribution in [-0.2, 0) is 4.79 Å². The van der Waals surface area contributed by atoms with Gasteiger partial charge in [-0.15, -0.1) is 0 Å². The van der Waals surface area contributed by atoms with E-state index in [2.05, 4.69) is 30.1 Å². The lowest BCUT2D eigenvalue weighted by atomic mass is 9.91. The molecule has 1 atom stereocenters. The minimum Gasteiger partial charge on any atom is -0.360 e. The van der Waals surface area contributed by atoms with E-state index in [0.717, 1.165) is 17.3 Å². The molecule has 2 heterocycles. The van der Waals surface area contributed by atoms with Crippen LogP contribution in [0.5, 0.6) is 0 Å². The normalized spacial score (nSPS) is 18.8. The van der Waals surface area contributed by atoms with Gasteiger partial charge in [-0.3, -0.25) is 9.59 Å². The zero-order valence-electron chi connectivity index (χ0n) is 15.3. The fraction of sp³-hybridized carbons (Fsp3) is 0.217. The molecule has 1 aliphatic heterocycles. The maximum absolute atomic E-state index is 12.8. The first-order valence-electron chi connectivity index (χ1n) is 9.28. The van der Waals surface area contributed by atoms with Gasteiger partial charge in [0.25, 0.3) is 11.7 Å². The number of fused-ring (bicyclic) bond motifs is 1. The second kappa shape index (κ2) is 7.23. The summed E-state index contributed by atoms with van der Waals surface area (Å²) in [5, 5.41) is 0.797. The number of rotatable bonds is 3. The Hall–Kier alpha value is -3.14. The highest BCUT2D eigenvalue weighted by molar-refractivity contribution is 6.44. The highest BCUT2D eigenvalue weighted by atomic mass is 16.2. The van der Waals surface area contributed by atoms with Crippen molar-refractivity contribution in [1.82, 2.24) is 9.88 Å². The van der Waals surface area contributed by atoms with E-state index >= 15 is 0 Å². The summed E-state index contributed by atoms with van der Waals surface area (Å²) < 4.78 is 0. The van der Waals surface area contributed by atoms with E-state index < -0.39 is 11.7 Å². The van der Waals surface area contributed by atoms with Crippen molar-refractivity contribution in [1.29, 1.82) is 0 Å². The van der Waals surface area contributed by atoms with Crippen LogP contribution >= 0.6 is 0 Å². The minimum atomic E-state index is -0.435. The molecule has 1 aliphatic rings. The molecule has 1 saturated heterocycles. The van der Waals surface area contributed by atoms with E-state index in [-0.39, 0.29) is 5.92 Å². The van der Waals surface area contributed by atoms with Gasteiger partial charge in [-0.1, -0.05) is 67.1 Å². The molecule has 1 fully saturated rings. The Kier molecular flexibility index (Phi) is 4.63. The number of Topliss-reactive ketones (excluding diaryl/α,β-unsaturated/α-hetero) is 1. The molecule has 1 N–H and O–H groups in total. The predicted octanol–water partition coefficient (Wildman–Crippen LogP) is 4.30. The van der Waals surface area contributed by atoms with Gasteiger partial charge in [0, 0.05) is 30.2 Å². The van der Waals surface area contributed by atoms with Crippen molar-refractivity contribution >= 4 is 28.7 Å². The smallest absolute Gasteiger partial charge is 0.295 e. The van der Waals surface area contributed by atoms with Gasteiger partial charge in [-0.05, 0) is 24.0 Å². The molecule has 2 aromatic carbocycles. The second-order valence-corrected chi connectivity index (χ2v) is 7.11. The highest BCUT2D eigenvalue weighted by Gasteiger charge is 2.30. The molecule has 3 aromatic rings. The topological polar surface area (TPSA) is 53.2 Å². The van der Waals surface area contributed by atoms with Crippen molar-refractivity contribution in [2.75, 3.05) is 13.1 Å². The fourth-order valence-corrected chi connectivity index (χ4v) is 3.73. The molecule has 27 heavy (non-hydrogen) atoms. The van der Waals surface area contributed by atoms with Crippen LogP contribution in [0, 0.1) is 5.92 Å². The van der Waals surface area contributed by atoms with Gasteiger partial charge in [0.1, 0.15) is 0 Å². The van der Waals surface area contributed by atoms with E-state index in [1.54, 1.807) is 11.1 Å². The summed E-state index contributed by atoms with van der Waals surface area (Å²) in [6.45, 7) is 3.27. The molecule has 0 saturated carbocycles. The number of carbonyl (C=O) groups is 2. The van der Waals surface area contributed by atoms with E-state index in [1.807, 2.05) is 42.5 Å². The van der Waals surface area contributed by atoms with Crippen LogP contribution in [0.4, 0.5) is 0 Å². The average Bonchev–Trinajstić information content (AvgIpc) is 3.13. The third-order valence-electron chi connectivity index (χ3n) is 5.26. The van der Waals surface area contributed by atoms with E-state index in [1.165, 1.54) is 11.1 Å². The Morgan fingerprint density at radius 3 is 2.59 bits per heavy atom. The van der Waals surface area contributed by atoms with E-state index in [9.17, 15) is 9.59 Å². The third-order valence-corrected chi connectivity index (χ3v) is 5.26.